The van der Waals surface area contributed by atoms with Crippen LogP contribution in [-0.4, -0.2) is 67.7 Å². The third-order valence-corrected chi connectivity index (χ3v) is 8.71. The van der Waals surface area contributed by atoms with Gasteiger partial charge in [-0.2, -0.15) is 9.97 Å². The van der Waals surface area contributed by atoms with E-state index in [-0.39, 0.29) is 0 Å². The number of hydrogen-bond acceptors (Lipinski definition) is 6. The molecule has 0 radical (unpaired) electrons. The molecule has 39 heavy (non-hydrogen) atoms. The fraction of sp³-hybridized carbons (Fsp3) is 0.758. The molecule has 2 fully saturated rings. The normalized spacial score (nSPS) is 21.6. The van der Waals surface area contributed by atoms with E-state index in [1.54, 1.807) is 0 Å². The van der Waals surface area contributed by atoms with Crippen molar-refractivity contribution in [1.82, 2.24) is 14.9 Å². The minimum Gasteiger partial charge on any atom is -0.367 e. The highest BCUT2D eigenvalue weighted by atomic mass is 15.3. The third-order valence-electron chi connectivity index (χ3n) is 8.71. The van der Waals surface area contributed by atoms with Gasteiger partial charge >= 0.3 is 0 Å². The number of rotatable bonds is 12. The summed E-state index contributed by atoms with van der Waals surface area (Å²) >= 11 is 0. The summed E-state index contributed by atoms with van der Waals surface area (Å²) in [6, 6.07) is 2.62. The second kappa shape index (κ2) is 16.9. The Kier molecular flexibility index (Phi) is 14.3. The molecule has 222 valence electrons. The van der Waals surface area contributed by atoms with Gasteiger partial charge in [0.15, 0.2) is 0 Å². The van der Waals surface area contributed by atoms with Crippen molar-refractivity contribution in [2.24, 2.45) is 17.3 Å². The van der Waals surface area contributed by atoms with Crippen LogP contribution < -0.4 is 15.1 Å². The van der Waals surface area contributed by atoms with Crippen molar-refractivity contribution in [3.8, 4) is 0 Å². The fourth-order valence-corrected chi connectivity index (χ4v) is 5.77. The molecule has 2 aliphatic rings. The Morgan fingerprint density at radius 3 is 2.26 bits per heavy atom. The second-order valence-electron chi connectivity index (χ2n) is 12.0. The summed E-state index contributed by atoms with van der Waals surface area (Å²) in [5.41, 5.74) is 0.451. The summed E-state index contributed by atoms with van der Waals surface area (Å²) in [5.74, 6) is 4.24. The zero-order valence-corrected chi connectivity index (χ0v) is 26.8. The molecule has 1 aliphatic heterocycles. The Hall–Kier alpha value is -2.08. The molecule has 2 heterocycles. The van der Waals surface area contributed by atoms with Crippen LogP contribution >= 0.6 is 0 Å². The molecule has 1 saturated carbocycles. The minimum absolute atomic E-state index is 0.451. The van der Waals surface area contributed by atoms with E-state index in [0.29, 0.717) is 17.4 Å². The zero-order valence-electron chi connectivity index (χ0n) is 26.8. The molecule has 0 bridgehead atoms. The number of allylic oxidation sites excluding steroid dienone is 3. The molecule has 1 aromatic rings. The van der Waals surface area contributed by atoms with Crippen molar-refractivity contribution in [2.45, 2.75) is 99.5 Å². The first-order chi connectivity index (χ1) is 18.7. The molecule has 6 nitrogen and oxygen atoms in total. The van der Waals surface area contributed by atoms with Gasteiger partial charge in [-0.15, -0.1) is 0 Å². The maximum Gasteiger partial charge on any atom is 0.229 e. The van der Waals surface area contributed by atoms with Gasteiger partial charge in [-0.05, 0) is 62.7 Å². The lowest BCUT2D eigenvalue weighted by Gasteiger charge is -2.39. The van der Waals surface area contributed by atoms with Gasteiger partial charge in [-0.3, -0.25) is 4.90 Å². The van der Waals surface area contributed by atoms with Gasteiger partial charge in [-0.25, -0.2) is 0 Å². The lowest BCUT2D eigenvalue weighted by Crippen LogP contribution is -2.48. The molecule has 1 unspecified atom stereocenters. The molecule has 0 amide bonds. The molecular formula is C33H60N6. The molecule has 6 heteroatoms. The van der Waals surface area contributed by atoms with Gasteiger partial charge in [-0.1, -0.05) is 72.3 Å². The van der Waals surface area contributed by atoms with E-state index in [2.05, 4.69) is 99.1 Å². The van der Waals surface area contributed by atoms with Crippen molar-refractivity contribution in [1.29, 1.82) is 0 Å². The standard InChI is InChI=1S/C31H54N6.C2H6/c1-8-11-12-14-25(13-9-2)24-36-19-21-37(22-20-36)30-33-28(23-29(34-30)35(6)7)32-27-17-15-26(16-18-27)31(4,5)10-3;1-2/h9,11-13,23,25-27H,8,10,14-22,24H2,1-7H3,(H,32,33,34);1-2H3/b12-11-,13-9?;. The first kappa shape index (κ1) is 33.1. The van der Waals surface area contributed by atoms with Gasteiger partial charge in [0.2, 0.25) is 5.95 Å². The van der Waals surface area contributed by atoms with E-state index in [0.717, 1.165) is 69.1 Å². The van der Waals surface area contributed by atoms with Gasteiger partial charge in [0.05, 0.1) is 0 Å². The van der Waals surface area contributed by atoms with Gasteiger partial charge in [0.1, 0.15) is 11.6 Å². The summed E-state index contributed by atoms with van der Waals surface area (Å²) in [4.78, 5) is 17.0. The molecule has 1 N–H and O–H groups in total. The fourth-order valence-electron chi connectivity index (χ4n) is 5.77. The molecule has 1 aromatic heterocycles. The maximum absolute atomic E-state index is 5.02. The second-order valence-corrected chi connectivity index (χ2v) is 12.0. The smallest absolute Gasteiger partial charge is 0.229 e. The van der Waals surface area contributed by atoms with Crippen LogP contribution in [0.15, 0.2) is 30.4 Å². The molecule has 1 aliphatic carbocycles. The maximum atomic E-state index is 5.02. The third kappa shape index (κ3) is 10.4. The Morgan fingerprint density at radius 2 is 1.69 bits per heavy atom. The quantitative estimate of drug-likeness (QED) is 0.275. The molecule has 1 atom stereocenters. The Balaban J connectivity index is 0.00000260. The van der Waals surface area contributed by atoms with Crippen LogP contribution in [0.5, 0.6) is 0 Å². The summed E-state index contributed by atoms with van der Waals surface area (Å²) in [5, 5.41) is 3.79. The molecule has 3 rings (SSSR count). The predicted octanol–water partition coefficient (Wildman–Crippen LogP) is 7.65. The van der Waals surface area contributed by atoms with Crippen LogP contribution in [0.25, 0.3) is 0 Å². The van der Waals surface area contributed by atoms with E-state index in [1.165, 1.54) is 32.1 Å². The van der Waals surface area contributed by atoms with Crippen LogP contribution in [-0.2, 0) is 0 Å². The van der Waals surface area contributed by atoms with Gasteiger partial charge < -0.3 is 15.1 Å². The van der Waals surface area contributed by atoms with E-state index in [4.69, 9.17) is 9.97 Å². The van der Waals surface area contributed by atoms with Crippen molar-refractivity contribution >= 4 is 17.6 Å². The number of nitrogens with one attached hydrogen (secondary N) is 1. The summed E-state index contributed by atoms with van der Waals surface area (Å²) in [6.07, 6.45) is 17.8. The summed E-state index contributed by atoms with van der Waals surface area (Å²) in [7, 11) is 4.14. The average molecular weight is 541 g/mol. The first-order valence-corrected chi connectivity index (χ1v) is 15.8. The molecule has 0 spiro atoms. The van der Waals surface area contributed by atoms with E-state index in [1.807, 2.05) is 13.8 Å². The highest BCUT2D eigenvalue weighted by molar-refractivity contribution is 5.54. The zero-order chi connectivity index (χ0) is 28.8. The minimum atomic E-state index is 0.451. The highest BCUT2D eigenvalue weighted by Crippen LogP contribution is 2.41. The number of aromatic nitrogens is 2. The summed E-state index contributed by atoms with van der Waals surface area (Å²) < 4.78 is 0. The largest absolute Gasteiger partial charge is 0.367 e. The predicted molar refractivity (Wildman–Crippen MR) is 172 cm³/mol. The van der Waals surface area contributed by atoms with Crippen LogP contribution in [0.4, 0.5) is 17.6 Å². The van der Waals surface area contributed by atoms with Crippen molar-refractivity contribution in [3.05, 3.63) is 30.4 Å². The lowest BCUT2D eigenvalue weighted by molar-refractivity contribution is 0.147. The van der Waals surface area contributed by atoms with Crippen LogP contribution in [0.1, 0.15) is 93.4 Å². The summed E-state index contributed by atoms with van der Waals surface area (Å²) in [6.45, 7) is 20.7. The van der Waals surface area contributed by atoms with E-state index >= 15 is 0 Å². The topological polar surface area (TPSA) is 47.5 Å². The number of nitrogens with zero attached hydrogens (tertiary/aromatic N) is 5. The van der Waals surface area contributed by atoms with Crippen molar-refractivity contribution < 1.29 is 0 Å². The SMILES string of the molecule is CC.CC=CC(C/C=C\CC)CN1CCN(c2nc(NC3CCC(C(C)(C)CC)CC3)cc(N(C)C)n2)CC1. The van der Waals surface area contributed by atoms with Crippen LogP contribution in [0.2, 0.25) is 0 Å². The van der Waals surface area contributed by atoms with Gasteiger partial charge in [0.25, 0.3) is 0 Å². The average Bonchev–Trinajstić information content (AvgIpc) is 2.95. The van der Waals surface area contributed by atoms with Crippen LogP contribution in [0.3, 0.4) is 0 Å². The number of hydrogen-bond donors (Lipinski definition) is 1. The molecular weight excluding hydrogens is 480 g/mol. The van der Waals surface area contributed by atoms with Crippen molar-refractivity contribution in [3.63, 3.8) is 0 Å². The van der Waals surface area contributed by atoms with Crippen molar-refractivity contribution in [2.75, 3.05) is 61.9 Å². The first-order valence-electron chi connectivity index (χ1n) is 15.8. The Bertz CT molecular complexity index is 861. The monoisotopic (exact) mass is 540 g/mol. The number of piperazine rings is 1. The van der Waals surface area contributed by atoms with E-state index in [9.17, 15) is 0 Å². The van der Waals surface area contributed by atoms with E-state index < -0.39 is 0 Å². The number of anilines is 3. The van der Waals surface area contributed by atoms with Crippen LogP contribution in [0, 0.1) is 17.3 Å². The molecule has 0 aromatic carbocycles. The van der Waals surface area contributed by atoms with Gasteiger partial charge in [0, 0.05) is 58.9 Å². The highest BCUT2D eigenvalue weighted by Gasteiger charge is 2.32. The Labute approximate surface area is 241 Å². The molecule has 1 saturated heterocycles. The lowest BCUT2D eigenvalue weighted by atomic mass is 9.69. The Morgan fingerprint density at radius 1 is 1.03 bits per heavy atom.